The van der Waals surface area contributed by atoms with E-state index in [1.807, 2.05) is 47.7 Å². The molecule has 2 nitrogen and oxygen atoms in total. The SMILES string of the molecule is CCN1/C(=C\C2=CC(=C/C=C\c3cc[n+](CC)c4ccc(C(F)(F)F)cc34)/CC(C)(C)C2)Sc2ccccc21.[I-]. The van der Waals surface area contributed by atoms with Crippen molar-refractivity contribution < 1.29 is 41.7 Å². The molecule has 210 valence electrons. The summed E-state index contributed by atoms with van der Waals surface area (Å²) in [7, 11) is 0. The van der Waals surface area contributed by atoms with E-state index in [2.05, 4.69) is 68.2 Å². The van der Waals surface area contributed by atoms with E-state index in [0.717, 1.165) is 36.5 Å². The van der Waals surface area contributed by atoms with Crippen molar-refractivity contribution in [1.82, 2.24) is 0 Å². The van der Waals surface area contributed by atoms with Gasteiger partial charge in [-0.25, -0.2) is 0 Å². The molecule has 40 heavy (non-hydrogen) atoms. The quantitative estimate of drug-likeness (QED) is 0.231. The van der Waals surface area contributed by atoms with Crippen molar-refractivity contribution in [2.24, 2.45) is 5.41 Å². The number of allylic oxidation sites excluding steroid dienone is 6. The van der Waals surface area contributed by atoms with Gasteiger partial charge < -0.3 is 28.9 Å². The average molecular weight is 675 g/mol. The van der Waals surface area contributed by atoms with Gasteiger partial charge in [-0.3, -0.25) is 0 Å². The third-order valence-electron chi connectivity index (χ3n) is 7.30. The number of hydrogen-bond donors (Lipinski definition) is 0. The largest absolute Gasteiger partial charge is 1.00 e. The summed E-state index contributed by atoms with van der Waals surface area (Å²) in [5, 5.41) is 1.85. The molecule has 0 bridgehead atoms. The van der Waals surface area contributed by atoms with Gasteiger partial charge in [0.1, 0.15) is 6.54 Å². The zero-order chi connectivity index (χ0) is 27.8. The second-order valence-corrected chi connectivity index (χ2v) is 12.0. The molecule has 3 aromatic rings. The number of benzene rings is 2. The van der Waals surface area contributed by atoms with Crippen molar-refractivity contribution in [2.75, 3.05) is 11.4 Å². The molecule has 2 aromatic carbocycles. The van der Waals surface area contributed by atoms with E-state index in [9.17, 15) is 13.2 Å². The molecular weight excluding hydrogens is 640 g/mol. The number of para-hydroxylation sites is 1. The van der Waals surface area contributed by atoms with Crippen LogP contribution in [0.3, 0.4) is 0 Å². The number of aromatic nitrogens is 1. The molecule has 2 aliphatic rings. The van der Waals surface area contributed by atoms with Crippen LogP contribution < -0.4 is 33.4 Å². The first-order valence-corrected chi connectivity index (χ1v) is 14.3. The number of pyridine rings is 1. The molecule has 2 heterocycles. The van der Waals surface area contributed by atoms with Crippen LogP contribution in [0.25, 0.3) is 17.0 Å². The molecule has 1 aromatic heterocycles. The summed E-state index contributed by atoms with van der Waals surface area (Å²) in [6.45, 7) is 10.3. The van der Waals surface area contributed by atoms with Crippen molar-refractivity contribution in [3.63, 3.8) is 0 Å². The Morgan fingerprint density at radius 1 is 1.05 bits per heavy atom. The Morgan fingerprint density at radius 2 is 1.82 bits per heavy atom. The summed E-state index contributed by atoms with van der Waals surface area (Å²) in [5.41, 5.74) is 4.84. The number of nitrogens with zero attached hydrogens (tertiary/aromatic N) is 2. The summed E-state index contributed by atoms with van der Waals surface area (Å²) in [5.74, 6) is 0. The third-order valence-corrected chi connectivity index (χ3v) is 8.42. The number of halogens is 4. The van der Waals surface area contributed by atoms with E-state index in [1.54, 1.807) is 6.07 Å². The molecule has 0 unspecified atom stereocenters. The number of anilines is 1. The number of thioether (sulfide) groups is 1. The minimum Gasteiger partial charge on any atom is -1.00 e. The van der Waals surface area contributed by atoms with Gasteiger partial charge in [-0.1, -0.05) is 62.0 Å². The van der Waals surface area contributed by atoms with Gasteiger partial charge in [0.2, 0.25) is 5.52 Å². The summed E-state index contributed by atoms with van der Waals surface area (Å²) in [6, 6.07) is 14.4. The van der Waals surface area contributed by atoms with E-state index in [4.69, 9.17) is 0 Å². The van der Waals surface area contributed by atoms with Crippen LogP contribution in [0.15, 0.2) is 100 Å². The summed E-state index contributed by atoms with van der Waals surface area (Å²) < 4.78 is 42.3. The molecule has 0 spiro atoms. The van der Waals surface area contributed by atoms with Gasteiger partial charge in [0, 0.05) is 23.6 Å². The van der Waals surface area contributed by atoms with Gasteiger partial charge in [0.05, 0.1) is 21.7 Å². The highest BCUT2D eigenvalue weighted by Crippen LogP contribution is 2.47. The molecule has 7 heteroatoms. The fraction of sp³-hybridized carbons (Fsp3) is 0.303. The van der Waals surface area contributed by atoms with Crippen LogP contribution in [0.5, 0.6) is 0 Å². The smallest absolute Gasteiger partial charge is 0.416 e. The maximum atomic E-state index is 13.5. The second-order valence-electron chi connectivity index (χ2n) is 10.9. The standard InChI is InChI=1S/C33H34F3N2S.HI/c1-5-37-17-16-25(27-20-26(33(34,35)36)14-15-28(27)37)11-9-10-23-18-24(22-32(3,4)21-23)19-31-38(6-2)29-12-7-8-13-30(29)39-31;/h7-20H,5-6,21-22H2,1-4H3;1H/q+1;/p-1. The second kappa shape index (κ2) is 12.1. The molecule has 0 saturated heterocycles. The van der Waals surface area contributed by atoms with Crippen molar-refractivity contribution in [3.05, 3.63) is 106 Å². The predicted octanol–water partition coefficient (Wildman–Crippen LogP) is 6.33. The minimum absolute atomic E-state index is 0. The lowest BCUT2D eigenvalue weighted by Gasteiger charge is -2.31. The lowest BCUT2D eigenvalue weighted by atomic mass is 9.75. The van der Waals surface area contributed by atoms with Crippen LogP contribution in [0, 0.1) is 5.41 Å². The first-order chi connectivity index (χ1) is 18.6. The van der Waals surface area contributed by atoms with E-state index < -0.39 is 11.7 Å². The molecular formula is C33H34F3IN2S. The first kappa shape index (κ1) is 30.4. The summed E-state index contributed by atoms with van der Waals surface area (Å²) in [6.07, 6.45) is 10.1. The molecule has 0 N–H and O–H groups in total. The molecule has 0 saturated carbocycles. The normalized spacial score (nSPS) is 18.9. The van der Waals surface area contributed by atoms with Crippen molar-refractivity contribution in [2.45, 2.75) is 58.2 Å². The summed E-state index contributed by atoms with van der Waals surface area (Å²) in [4.78, 5) is 3.65. The van der Waals surface area contributed by atoms with Crippen LogP contribution in [0.1, 0.15) is 51.7 Å². The van der Waals surface area contributed by atoms with Crippen molar-refractivity contribution in [3.8, 4) is 0 Å². The monoisotopic (exact) mass is 674 g/mol. The third kappa shape index (κ3) is 6.51. The lowest BCUT2D eigenvalue weighted by Crippen LogP contribution is -3.00. The van der Waals surface area contributed by atoms with Gasteiger partial charge in [-0.05, 0) is 79.2 Å². The van der Waals surface area contributed by atoms with Crippen molar-refractivity contribution >= 4 is 34.4 Å². The Kier molecular flexibility index (Phi) is 9.25. The van der Waals surface area contributed by atoms with Gasteiger partial charge >= 0.3 is 6.18 Å². The number of hydrogen-bond acceptors (Lipinski definition) is 2. The average Bonchev–Trinajstić information content (AvgIpc) is 3.23. The Hall–Kier alpha value is -2.52. The molecule has 0 radical (unpaired) electrons. The molecule has 0 atom stereocenters. The minimum atomic E-state index is -4.38. The van der Waals surface area contributed by atoms with E-state index >= 15 is 0 Å². The van der Waals surface area contributed by atoms with Gasteiger partial charge in [-0.15, -0.1) is 0 Å². The maximum Gasteiger partial charge on any atom is 0.416 e. The van der Waals surface area contributed by atoms with Crippen LogP contribution in [0.4, 0.5) is 18.9 Å². The van der Waals surface area contributed by atoms with E-state index in [1.165, 1.54) is 32.8 Å². The van der Waals surface area contributed by atoms with Crippen LogP contribution >= 0.6 is 11.8 Å². The molecule has 1 aliphatic carbocycles. The van der Waals surface area contributed by atoms with Gasteiger partial charge in [0.25, 0.3) is 0 Å². The number of fused-ring (bicyclic) bond motifs is 2. The fourth-order valence-electron chi connectivity index (χ4n) is 5.58. The Balaban J connectivity index is 0.00000370. The molecule has 1 aliphatic heterocycles. The van der Waals surface area contributed by atoms with E-state index in [0.29, 0.717) is 11.9 Å². The lowest BCUT2D eigenvalue weighted by molar-refractivity contribution is -0.667. The Morgan fingerprint density at radius 3 is 2.55 bits per heavy atom. The highest BCUT2D eigenvalue weighted by Gasteiger charge is 2.31. The van der Waals surface area contributed by atoms with Crippen LogP contribution in [-0.4, -0.2) is 6.54 Å². The number of alkyl halides is 3. The Labute approximate surface area is 256 Å². The maximum absolute atomic E-state index is 13.5. The van der Waals surface area contributed by atoms with Gasteiger partial charge in [0.15, 0.2) is 6.20 Å². The zero-order valence-corrected chi connectivity index (χ0v) is 26.2. The molecule has 5 rings (SSSR count). The number of aryl methyl sites for hydroxylation is 1. The molecule has 0 amide bonds. The molecule has 0 fully saturated rings. The summed E-state index contributed by atoms with van der Waals surface area (Å²) >= 11 is 1.82. The Bertz CT molecular complexity index is 1530. The van der Waals surface area contributed by atoms with E-state index in [-0.39, 0.29) is 29.4 Å². The van der Waals surface area contributed by atoms with Crippen LogP contribution in [0.2, 0.25) is 0 Å². The zero-order valence-electron chi connectivity index (χ0n) is 23.2. The van der Waals surface area contributed by atoms with Crippen molar-refractivity contribution in [1.29, 1.82) is 0 Å². The highest BCUT2D eigenvalue weighted by molar-refractivity contribution is 8.03. The predicted molar refractivity (Wildman–Crippen MR) is 156 cm³/mol. The topological polar surface area (TPSA) is 7.12 Å². The number of rotatable bonds is 5. The highest BCUT2D eigenvalue weighted by atomic mass is 127. The van der Waals surface area contributed by atoms with Crippen LogP contribution in [-0.2, 0) is 12.7 Å². The first-order valence-electron chi connectivity index (χ1n) is 13.5. The fourth-order valence-corrected chi connectivity index (χ4v) is 6.79. The van der Waals surface area contributed by atoms with Gasteiger partial charge in [-0.2, -0.15) is 17.7 Å².